The van der Waals surface area contributed by atoms with Gasteiger partial charge in [0.25, 0.3) is 11.8 Å². The minimum absolute atomic E-state index is 0.0168. The molecule has 0 aliphatic carbocycles. The Labute approximate surface area is 268 Å². The molecule has 0 bridgehead atoms. The molecule has 17 heteroatoms. The number of rotatable bonds is 12. The molecule has 0 fully saturated rings. The van der Waals surface area contributed by atoms with Gasteiger partial charge in [-0.3, -0.25) is 19.4 Å². The van der Waals surface area contributed by atoms with Crippen LogP contribution in [0.15, 0.2) is 55.0 Å². The molecule has 4 N–H and O–H groups in total. The number of fused-ring (bicyclic) bond motifs is 1. The molecule has 0 atom stereocenters. The molecule has 0 spiro atoms. The second-order valence-electron chi connectivity index (χ2n) is 10.1. The van der Waals surface area contributed by atoms with Crippen LogP contribution in [0, 0.1) is 13.8 Å². The number of amides is 3. The zero-order chi connectivity index (χ0) is 34.3. The number of benzene rings is 2. The van der Waals surface area contributed by atoms with Crippen molar-refractivity contribution in [2.45, 2.75) is 34.1 Å². The summed E-state index contributed by atoms with van der Waals surface area (Å²) in [6, 6.07) is 9.49. The maximum Gasteiger partial charge on any atom is 0.524 e. The average Bonchev–Trinajstić information content (AvgIpc) is 3.37. The van der Waals surface area contributed by atoms with E-state index in [-0.39, 0.29) is 40.2 Å². The number of hydrogen-bond acceptors (Lipinski definition) is 10. The molecule has 0 aliphatic heterocycles. The molecule has 4 rings (SSSR count). The molecule has 2 aromatic heterocycles. The van der Waals surface area contributed by atoms with Gasteiger partial charge in [0, 0.05) is 24.8 Å². The Kier molecular flexibility index (Phi) is 10.9. The summed E-state index contributed by atoms with van der Waals surface area (Å²) in [5.74, 6) is -1.77. The summed E-state index contributed by atoms with van der Waals surface area (Å²) in [5, 5.41) is 9.74. The minimum atomic E-state index is -4.79. The Balaban J connectivity index is 1.68. The molecule has 0 saturated carbocycles. The van der Waals surface area contributed by atoms with Crippen molar-refractivity contribution in [2.24, 2.45) is 0 Å². The van der Waals surface area contributed by atoms with E-state index in [1.165, 1.54) is 35.2 Å². The Bertz CT molecular complexity index is 1850. The Morgan fingerprint density at radius 1 is 0.957 bits per heavy atom. The fourth-order valence-electron chi connectivity index (χ4n) is 4.49. The lowest BCUT2D eigenvalue weighted by Crippen LogP contribution is -2.31. The number of phosphoric ester groups is 1. The first-order valence-corrected chi connectivity index (χ1v) is 15.9. The van der Waals surface area contributed by atoms with Crippen molar-refractivity contribution in [3.05, 3.63) is 82.8 Å². The van der Waals surface area contributed by atoms with Crippen molar-refractivity contribution >= 4 is 48.7 Å². The summed E-state index contributed by atoms with van der Waals surface area (Å²) in [6.07, 6.45) is 2.38. The van der Waals surface area contributed by atoms with E-state index in [1.54, 1.807) is 32.9 Å². The largest absolute Gasteiger partial charge is 0.524 e. The molecule has 16 nitrogen and oxygen atoms in total. The molecular formula is C30H33N6O10P. The summed E-state index contributed by atoms with van der Waals surface area (Å²) >= 11 is 0. The van der Waals surface area contributed by atoms with Crippen LogP contribution in [0.2, 0.25) is 0 Å². The SMILES string of the molecule is CCCNC(=O)c1ccc(C)c(N(C(=O)OCOC(=O)c2ccc(OP(=O)(O)O)cc2)c2ncnn3cc(C(=O)NCC)c(C)c23)c1. The van der Waals surface area contributed by atoms with E-state index in [0.29, 0.717) is 41.7 Å². The highest BCUT2D eigenvalue weighted by molar-refractivity contribution is 7.46. The third-order valence-electron chi connectivity index (χ3n) is 6.72. The predicted octanol–water partition coefficient (Wildman–Crippen LogP) is 3.80. The number of nitrogens with one attached hydrogen (secondary N) is 2. The lowest BCUT2D eigenvalue weighted by atomic mass is 10.1. The number of phosphoric acid groups is 1. The van der Waals surface area contributed by atoms with Gasteiger partial charge in [0.2, 0.25) is 6.79 Å². The molecule has 2 heterocycles. The van der Waals surface area contributed by atoms with Gasteiger partial charge < -0.3 is 24.6 Å². The predicted molar refractivity (Wildman–Crippen MR) is 168 cm³/mol. The number of hydrogen-bond donors (Lipinski definition) is 4. The maximum absolute atomic E-state index is 13.8. The van der Waals surface area contributed by atoms with E-state index >= 15 is 0 Å². The van der Waals surface area contributed by atoms with Gasteiger partial charge in [0.05, 0.1) is 16.8 Å². The normalized spacial score (nSPS) is 11.1. The van der Waals surface area contributed by atoms with Gasteiger partial charge in [-0.15, -0.1) is 0 Å². The van der Waals surface area contributed by atoms with Gasteiger partial charge in [-0.2, -0.15) is 5.10 Å². The number of aryl methyl sites for hydroxylation is 2. The highest BCUT2D eigenvalue weighted by Crippen LogP contribution is 2.37. The van der Waals surface area contributed by atoms with E-state index in [0.717, 1.165) is 17.0 Å². The number of esters is 1. The van der Waals surface area contributed by atoms with Crippen LogP contribution in [0.5, 0.6) is 5.75 Å². The van der Waals surface area contributed by atoms with E-state index in [4.69, 9.17) is 19.3 Å². The van der Waals surface area contributed by atoms with Gasteiger partial charge in [0.15, 0.2) is 5.82 Å². The van der Waals surface area contributed by atoms with Gasteiger partial charge in [-0.05, 0) is 74.7 Å². The zero-order valence-corrected chi connectivity index (χ0v) is 26.8. The first-order valence-electron chi connectivity index (χ1n) is 14.3. The van der Waals surface area contributed by atoms with Crippen molar-refractivity contribution in [3.8, 4) is 5.75 Å². The number of ether oxygens (including phenoxy) is 2. The van der Waals surface area contributed by atoms with Gasteiger partial charge in [-0.1, -0.05) is 13.0 Å². The van der Waals surface area contributed by atoms with Crippen LogP contribution in [0.1, 0.15) is 62.5 Å². The van der Waals surface area contributed by atoms with Gasteiger partial charge in [-0.25, -0.2) is 28.6 Å². The lowest BCUT2D eigenvalue weighted by molar-refractivity contribution is -0.0000786. The van der Waals surface area contributed by atoms with Crippen molar-refractivity contribution in [3.63, 3.8) is 0 Å². The van der Waals surface area contributed by atoms with Crippen LogP contribution in [-0.4, -0.2) is 68.1 Å². The number of aromatic nitrogens is 3. The van der Waals surface area contributed by atoms with Gasteiger partial charge >= 0.3 is 19.9 Å². The smallest absolute Gasteiger partial charge is 0.424 e. The average molecular weight is 669 g/mol. The minimum Gasteiger partial charge on any atom is -0.424 e. The quantitative estimate of drug-likeness (QED) is 0.0965. The third kappa shape index (κ3) is 8.30. The van der Waals surface area contributed by atoms with Gasteiger partial charge in [0.1, 0.15) is 17.6 Å². The molecule has 2 aromatic carbocycles. The molecule has 0 saturated heterocycles. The number of anilines is 2. The van der Waals surface area contributed by atoms with Crippen molar-refractivity contribution in [2.75, 3.05) is 24.8 Å². The monoisotopic (exact) mass is 668 g/mol. The molecule has 0 radical (unpaired) electrons. The standard InChI is InChI=1S/C30H33N6O10P/c1-5-13-32-27(37)21-8-7-18(3)24(14-21)36(26-25-19(4)23(28(38)31-6-2)15-35(25)34-16-33-26)30(40)45-17-44-29(39)20-9-11-22(12-10-20)46-47(41,42)43/h7-12,14-16H,5-6,13,17H2,1-4H3,(H,31,38)(H,32,37)(H2,41,42,43). The summed E-state index contributed by atoms with van der Waals surface area (Å²) in [7, 11) is -4.79. The van der Waals surface area contributed by atoms with E-state index in [1.807, 2.05) is 6.92 Å². The van der Waals surface area contributed by atoms with E-state index in [2.05, 4.69) is 25.2 Å². The summed E-state index contributed by atoms with van der Waals surface area (Å²) in [4.78, 5) is 75.4. The zero-order valence-electron chi connectivity index (χ0n) is 25.9. The maximum atomic E-state index is 13.8. The summed E-state index contributed by atoms with van der Waals surface area (Å²) in [6.45, 7) is 7.07. The summed E-state index contributed by atoms with van der Waals surface area (Å²) in [5.41, 5.74) is 2.11. The summed E-state index contributed by atoms with van der Waals surface area (Å²) < 4.78 is 27.4. The number of nitrogens with zero attached hydrogens (tertiary/aromatic N) is 4. The van der Waals surface area contributed by atoms with Crippen molar-refractivity contribution in [1.82, 2.24) is 25.2 Å². The fourth-order valence-corrected chi connectivity index (χ4v) is 4.89. The lowest BCUT2D eigenvalue weighted by Gasteiger charge is -2.24. The van der Waals surface area contributed by atoms with E-state index in [9.17, 15) is 23.7 Å². The van der Waals surface area contributed by atoms with Crippen LogP contribution in [0.4, 0.5) is 16.3 Å². The molecule has 0 unspecified atom stereocenters. The molecular weight excluding hydrogens is 635 g/mol. The molecule has 3 amide bonds. The third-order valence-corrected chi connectivity index (χ3v) is 7.17. The second kappa shape index (κ2) is 14.9. The Morgan fingerprint density at radius 2 is 1.66 bits per heavy atom. The topological polar surface area (TPSA) is 211 Å². The highest BCUT2D eigenvalue weighted by atomic mass is 31.2. The van der Waals surface area contributed by atoms with Crippen LogP contribution in [-0.2, 0) is 14.0 Å². The second-order valence-corrected chi connectivity index (χ2v) is 11.2. The highest BCUT2D eigenvalue weighted by Gasteiger charge is 2.29. The fraction of sp³-hybridized carbons (Fsp3) is 0.267. The molecule has 47 heavy (non-hydrogen) atoms. The number of carbonyl (C=O) groups is 4. The molecule has 4 aromatic rings. The van der Waals surface area contributed by atoms with Crippen molar-refractivity contribution < 1.29 is 47.5 Å². The Morgan fingerprint density at radius 3 is 2.32 bits per heavy atom. The van der Waals surface area contributed by atoms with Crippen LogP contribution in [0.3, 0.4) is 0 Å². The van der Waals surface area contributed by atoms with E-state index < -0.39 is 26.7 Å². The number of carbonyl (C=O) groups excluding carboxylic acids is 4. The molecule has 248 valence electrons. The van der Waals surface area contributed by atoms with Crippen molar-refractivity contribution in [1.29, 1.82) is 0 Å². The first-order chi connectivity index (χ1) is 22.3. The van der Waals surface area contributed by atoms with Crippen LogP contribution >= 0.6 is 7.82 Å². The first kappa shape index (κ1) is 34.6. The van der Waals surface area contributed by atoms with Crippen LogP contribution in [0.25, 0.3) is 5.52 Å². The molecule has 0 aliphatic rings. The van der Waals surface area contributed by atoms with Crippen LogP contribution < -0.4 is 20.1 Å². The Hall–Kier alpha value is -5.31.